The van der Waals surface area contributed by atoms with Gasteiger partial charge in [0.15, 0.2) is 0 Å². The van der Waals surface area contributed by atoms with Crippen LogP contribution in [-0.4, -0.2) is 25.2 Å². The van der Waals surface area contributed by atoms with Crippen molar-refractivity contribution >= 4 is 5.91 Å². The fourth-order valence-electron chi connectivity index (χ4n) is 1.15. The van der Waals surface area contributed by atoms with Crippen LogP contribution >= 0.6 is 0 Å². The Hall–Kier alpha value is -0.570. The number of nitrogens with one attached hydrogen (secondary N) is 1. The minimum atomic E-state index is 0.118. The molecule has 64 valence electrons. The molecular weight excluding hydrogens is 142 g/mol. The normalized spacial score (nSPS) is 30.4. The van der Waals surface area contributed by atoms with E-state index >= 15 is 0 Å². The van der Waals surface area contributed by atoms with E-state index in [1.54, 1.807) is 0 Å². The van der Waals surface area contributed by atoms with Gasteiger partial charge in [0, 0.05) is 12.3 Å². The molecule has 1 amide bonds. The maximum atomic E-state index is 10.9. The van der Waals surface area contributed by atoms with E-state index in [2.05, 4.69) is 12.2 Å². The molecule has 1 aliphatic rings. The summed E-state index contributed by atoms with van der Waals surface area (Å²) in [4.78, 5) is 10.9. The highest BCUT2D eigenvalue weighted by Gasteiger charge is 2.24. The second-order valence-corrected chi connectivity index (χ2v) is 3.04. The third-order valence-corrected chi connectivity index (χ3v) is 2.03. The Kier molecular flexibility index (Phi) is 2.88. The third kappa shape index (κ3) is 2.19. The summed E-state index contributed by atoms with van der Waals surface area (Å²) < 4.78 is 5.20. The van der Waals surface area contributed by atoms with Crippen LogP contribution in [0.15, 0.2) is 0 Å². The Bertz CT molecular complexity index is 147. The summed E-state index contributed by atoms with van der Waals surface area (Å²) in [5, 5.41) is 2.91. The number of ether oxygens (including phenoxy) is 1. The lowest BCUT2D eigenvalue weighted by Crippen LogP contribution is -2.38. The molecule has 0 saturated carbocycles. The maximum Gasteiger partial charge on any atom is 0.220 e. The molecule has 0 aromatic heterocycles. The summed E-state index contributed by atoms with van der Waals surface area (Å²) in [7, 11) is 0. The van der Waals surface area contributed by atoms with Crippen molar-refractivity contribution < 1.29 is 9.53 Å². The van der Waals surface area contributed by atoms with Gasteiger partial charge in [0.2, 0.25) is 5.91 Å². The zero-order valence-corrected chi connectivity index (χ0v) is 7.09. The van der Waals surface area contributed by atoms with Crippen LogP contribution in [0.5, 0.6) is 0 Å². The van der Waals surface area contributed by atoms with E-state index in [0.717, 1.165) is 6.61 Å². The summed E-state index contributed by atoms with van der Waals surface area (Å²) in [6.07, 6.45) is 0.559. The molecule has 11 heavy (non-hydrogen) atoms. The van der Waals surface area contributed by atoms with E-state index in [4.69, 9.17) is 4.74 Å². The molecule has 2 unspecified atom stereocenters. The van der Waals surface area contributed by atoms with Crippen LogP contribution in [0.3, 0.4) is 0 Å². The average molecular weight is 157 g/mol. The lowest BCUT2D eigenvalue weighted by atomic mass is 10.1. The maximum absolute atomic E-state index is 10.9. The van der Waals surface area contributed by atoms with Gasteiger partial charge in [-0.05, 0) is 0 Å². The molecular formula is C8H15NO2. The Morgan fingerprint density at radius 3 is 2.82 bits per heavy atom. The van der Waals surface area contributed by atoms with E-state index in [0.29, 0.717) is 18.9 Å². The zero-order valence-electron chi connectivity index (χ0n) is 7.09. The summed E-state index contributed by atoms with van der Waals surface area (Å²) in [5.41, 5.74) is 0. The predicted molar refractivity (Wildman–Crippen MR) is 42.2 cm³/mol. The molecule has 0 aromatic rings. The summed E-state index contributed by atoms with van der Waals surface area (Å²) in [5.74, 6) is 0.581. The van der Waals surface area contributed by atoms with Crippen LogP contribution in [-0.2, 0) is 9.53 Å². The van der Waals surface area contributed by atoms with Crippen LogP contribution in [0.4, 0.5) is 0 Å². The van der Waals surface area contributed by atoms with E-state index in [1.807, 2.05) is 6.92 Å². The van der Waals surface area contributed by atoms with Crippen molar-refractivity contribution in [3.05, 3.63) is 0 Å². The van der Waals surface area contributed by atoms with Crippen LogP contribution in [0.25, 0.3) is 0 Å². The molecule has 2 atom stereocenters. The summed E-state index contributed by atoms with van der Waals surface area (Å²) >= 11 is 0. The number of carbonyl (C=O) groups excluding carboxylic acids is 1. The molecule has 0 radical (unpaired) electrons. The Morgan fingerprint density at radius 1 is 1.64 bits per heavy atom. The van der Waals surface area contributed by atoms with Gasteiger partial charge in [-0.3, -0.25) is 4.79 Å². The number of rotatable bonds is 2. The average Bonchev–Trinajstić information content (AvgIpc) is 2.37. The summed E-state index contributed by atoms with van der Waals surface area (Å²) in [6.45, 7) is 5.39. The second kappa shape index (κ2) is 3.72. The van der Waals surface area contributed by atoms with Crippen molar-refractivity contribution in [2.75, 3.05) is 13.2 Å². The van der Waals surface area contributed by atoms with Gasteiger partial charge in [0.05, 0.1) is 19.3 Å². The van der Waals surface area contributed by atoms with Crippen molar-refractivity contribution in [2.45, 2.75) is 26.3 Å². The molecule has 0 bridgehead atoms. The van der Waals surface area contributed by atoms with Gasteiger partial charge in [-0.15, -0.1) is 0 Å². The van der Waals surface area contributed by atoms with E-state index in [-0.39, 0.29) is 11.9 Å². The molecule has 1 fully saturated rings. The first-order valence-electron chi connectivity index (χ1n) is 4.11. The number of hydrogen-bond acceptors (Lipinski definition) is 2. The van der Waals surface area contributed by atoms with Crippen molar-refractivity contribution in [1.82, 2.24) is 5.32 Å². The SMILES string of the molecule is CCC(=O)NC1COCC1C. The smallest absolute Gasteiger partial charge is 0.220 e. The molecule has 1 rings (SSSR count). The zero-order chi connectivity index (χ0) is 8.27. The van der Waals surface area contributed by atoms with Crippen molar-refractivity contribution in [3.8, 4) is 0 Å². The monoisotopic (exact) mass is 157 g/mol. The van der Waals surface area contributed by atoms with Gasteiger partial charge in [0.1, 0.15) is 0 Å². The highest BCUT2D eigenvalue weighted by molar-refractivity contribution is 5.75. The highest BCUT2D eigenvalue weighted by atomic mass is 16.5. The Balaban J connectivity index is 2.30. The number of carbonyl (C=O) groups is 1. The molecule has 1 aliphatic heterocycles. The molecule has 3 heteroatoms. The first-order valence-corrected chi connectivity index (χ1v) is 4.11. The largest absolute Gasteiger partial charge is 0.379 e. The lowest BCUT2D eigenvalue weighted by molar-refractivity contribution is -0.121. The topological polar surface area (TPSA) is 38.3 Å². The van der Waals surface area contributed by atoms with E-state index in [1.165, 1.54) is 0 Å². The first-order chi connectivity index (χ1) is 5.24. The quantitative estimate of drug-likeness (QED) is 0.635. The van der Waals surface area contributed by atoms with E-state index in [9.17, 15) is 4.79 Å². The van der Waals surface area contributed by atoms with Crippen LogP contribution in [0, 0.1) is 5.92 Å². The van der Waals surface area contributed by atoms with Crippen molar-refractivity contribution in [2.24, 2.45) is 5.92 Å². The van der Waals surface area contributed by atoms with Crippen molar-refractivity contribution in [1.29, 1.82) is 0 Å². The van der Waals surface area contributed by atoms with Crippen LogP contribution < -0.4 is 5.32 Å². The van der Waals surface area contributed by atoms with Crippen LogP contribution in [0.1, 0.15) is 20.3 Å². The van der Waals surface area contributed by atoms with Crippen molar-refractivity contribution in [3.63, 3.8) is 0 Å². The van der Waals surface area contributed by atoms with Crippen LogP contribution in [0.2, 0.25) is 0 Å². The van der Waals surface area contributed by atoms with Gasteiger partial charge in [-0.25, -0.2) is 0 Å². The fraction of sp³-hybridized carbons (Fsp3) is 0.875. The molecule has 1 saturated heterocycles. The number of amides is 1. The third-order valence-electron chi connectivity index (χ3n) is 2.03. The van der Waals surface area contributed by atoms with Gasteiger partial charge in [-0.2, -0.15) is 0 Å². The highest BCUT2D eigenvalue weighted by Crippen LogP contribution is 2.11. The molecule has 0 aliphatic carbocycles. The van der Waals surface area contributed by atoms with Gasteiger partial charge in [-0.1, -0.05) is 13.8 Å². The standard InChI is InChI=1S/C8H15NO2/c1-3-8(10)9-7-5-11-4-6(7)2/h6-7H,3-5H2,1-2H3,(H,9,10). The first kappa shape index (κ1) is 8.53. The van der Waals surface area contributed by atoms with Gasteiger partial charge in [0.25, 0.3) is 0 Å². The summed E-state index contributed by atoms with van der Waals surface area (Å²) in [6, 6.07) is 0.238. The minimum Gasteiger partial charge on any atom is -0.379 e. The predicted octanol–water partition coefficient (Wildman–Crippen LogP) is 0.547. The molecule has 3 nitrogen and oxygen atoms in total. The van der Waals surface area contributed by atoms with E-state index < -0.39 is 0 Å². The van der Waals surface area contributed by atoms with Gasteiger partial charge < -0.3 is 10.1 Å². The number of hydrogen-bond donors (Lipinski definition) is 1. The Labute approximate surface area is 67.1 Å². The molecule has 0 spiro atoms. The molecule has 0 aromatic carbocycles. The fourth-order valence-corrected chi connectivity index (χ4v) is 1.15. The molecule has 1 heterocycles. The Morgan fingerprint density at radius 2 is 2.36 bits per heavy atom. The second-order valence-electron chi connectivity index (χ2n) is 3.04. The minimum absolute atomic E-state index is 0.118. The van der Waals surface area contributed by atoms with Gasteiger partial charge >= 0.3 is 0 Å². The lowest BCUT2D eigenvalue weighted by Gasteiger charge is -2.13. The molecule has 1 N–H and O–H groups in total.